The summed E-state index contributed by atoms with van der Waals surface area (Å²) in [6.45, 7) is 0.880. The first-order valence-corrected chi connectivity index (χ1v) is 11.9. The number of aromatic hydroxyl groups is 1. The lowest BCUT2D eigenvalue weighted by molar-refractivity contribution is -0.245. The standard InChI is InChI=1S/C28H33FO6/c29-16-4-2-1-3-5-23-21-27(34-18-17-32-26-12-8-24(30)9-13-26)14-15-28(23)22-6-10-25(11-7-22)33-19-20-35-31/h6-15,21,30-31H,1-5,16-20H2. The Hall–Kier alpha value is -3.29. The van der Waals surface area contributed by atoms with Crippen LogP contribution in [0.4, 0.5) is 4.39 Å². The van der Waals surface area contributed by atoms with Gasteiger partial charge in [0, 0.05) is 0 Å². The first-order chi connectivity index (χ1) is 17.2. The summed E-state index contributed by atoms with van der Waals surface area (Å²) in [5.41, 5.74) is 3.36. The van der Waals surface area contributed by atoms with E-state index in [4.69, 9.17) is 19.5 Å². The molecule has 0 fully saturated rings. The van der Waals surface area contributed by atoms with Crippen LogP contribution in [0, 0.1) is 0 Å². The van der Waals surface area contributed by atoms with E-state index in [2.05, 4.69) is 17.0 Å². The fourth-order valence-electron chi connectivity index (χ4n) is 3.70. The number of phenols is 1. The minimum atomic E-state index is -0.264. The van der Waals surface area contributed by atoms with Gasteiger partial charge < -0.3 is 19.3 Å². The van der Waals surface area contributed by atoms with E-state index < -0.39 is 0 Å². The van der Waals surface area contributed by atoms with Gasteiger partial charge >= 0.3 is 0 Å². The number of hydrogen-bond donors (Lipinski definition) is 2. The van der Waals surface area contributed by atoms with Crippen molar-refractivity contribution in [3.63, 3.8) is 0 Å². The number of phenolic OH excluding ortho intramolecular Hbond substituents is 1. The molecule has 0 bridgehead atoms. The summed E-state index contributed by atoms with van der Waals surface area (Å²) < 4.78 is 29.5. The van der Waals surface area contributed by atoms with E-state index >= 15 is 0 Å². The van der Waals surface area contributed by atoms with Gasteiger partial charge in [-0.1, -0.05) is 31.0 Å². The first-order valence-electron chi connectivity index (χ1n) is 11.9. The van der Waals surface area contributed by atoms with Gasteiger partial charge in [-0.15, -0.1) is 0 Å². The van der Waals surface area contributed by atoms with Gasteiger partial charge in [0.2, 0.25) is 0 Å². The van der Waals surface area contributed by atoms with Crippen LogP contribution in [0.1, 0.15) is 31.2 Å². The molecule has 0 radical (unpaired) electrons. The predicted octanol–water partition coefficient (Wildman–Crippen LogP) is 6.46. The van der Waals surface area contributed by atoms with Crippen LogP contribution in [-0.4, -0.2) is 43.5 Å². The van der Waals surface area contributed by atoms with Gasteiger partial charge in [0.1, 0.15) is 49.4 Å². The summed E-state index contributed by atoms with van der Waals surface area (Å²) >= 11 is 0. The number of alkyl halides is 1. The second kappa shape index (κ2) is 14.9. The Morgan fingerprint density at radius 3 is 1.86 bits per heavy atom. The number of halogens is 1. The molecule has 0 aliphatic carbocycles. The minimum absolute atomic E-state index is 0.107. The van der Waals surface area contributed by atoms with Crippen molar-refractivity contribution >= 4 is 0 Å². The van der Waals surface area contributed by atoms with Gasteiger partial charge in [0.25, 0.3) is 0 Å². The fourth-order valence-corrected chi connectivity index (χ4v) is 3.70. The molecule has 3 aromatic carbocycles. The number of hydrogen-bond acceptors (Lipinski definition) is 6. The van der Waals surface area contributed by atoms with Crippen molar-refractivity contribution in [3.05, 3.63) is 72.3 Å². The van der Waals surface area contributed by atoms with E-state index in [1.165, 1.54) is 5.56 Å². The minimum Gasteiger partial charge on any atom is -0.508 e. The van der Waals surface area contributed by atoms with Gasteiger partial charge in [-0.25, -0.2) is 4.89 Å². The topological polar surface area (TPSA) is 77.4 Å². The molecule has 0 unspecified atom stereocenters. The summed E-state index contributed by atoms with van der Waals surface area (Å²) in [7, 11) is 0. The molecule has 0 atom stereocenters. The van der Waals surface area contributed by atoms with Crippen molar-refractivity contribution < 1.29 is 33.9 Å². The number of aryl methyl sites for hydroxylation is 1. The molecule has 0 heterocycles. The zero-order valence-electron chi connectivity index (χ0n) is 19.8. The third-order valence-electron chi connectivity index (χ3n) is 5.47. The van der Waals surface area contributed by atoms with Crippen LogP contribution in [0.15, 0.2) is 66.7 Å². The van der Waals surface area contributed by atoms with Gasteiger partial charge in [0.15, 0.2) is 0 Å². The number of rotatable bonds is 16. The van der Waals surface area contributed by atoms with E-state index in [1.807, 2.05) is 30.3 Å². The summed E-state index contributed by atoms with van der Waals surface area (Å²) in [6.07, 6.45) is 4.33. The maximum atomic E-state index is 12.4. The lowest BCUT2D eigenvalue weighted by Gasteiger charge is -2.14. The van der Waals surface area contributed by atoms with Crippen molar-refractivity contribution in [1.82, 2.24) is 0 Å². The van der Waals surface area contributed by atoms with E-state index in [0.717, 1.165) is 42.6 Å². The molecule has 0 aliphatic heterocycles. The van der Waals surface area contributed by atoms with Crippen LogP contribution < -0.4 is 14.2 Å². The SMILES string of the molecule is OOCCOc1ccc(-c2ccc(OCCOc3ccc(O)cc3)cc2CCCCCCF)cc1. The number of unbranched alkanes of at least 4 members (excludes halogenated alkanes) is 3. The van der Waals surface area contributed by atoms with Crippen molar-refractivity contribution in [2.45, 2.75) is 32.1 Å². The lowest BCUT2D eigenvalue weighted by Crippen LogP contribution is -2.09. The number of benzene rings is 3. The summed E-state index contributed by atoms with van der Waals surface area (Å²) in [6, 6.07) is 20.4. The summed E-state index contributed by atoms with van der Waals surface area (Å²) in [5.74, 6) is 2.34. The average Bonchev–Trinajstić information content (AvgIpc) is 2.88. The molecule has 0 saturated carbocycles. The van der Waals surface area contributed by atoms with Crippen molar-refractivity contribution in [3.8, 4) is 34.1 Å². The quantitative estimate of drug-likeness (QED) is 0.138. The smallest absolute Gasteiger partial charge is 0.122 e. The second-order valence-electron chi connectivity index (χ2n) is 8.07. The predicted molar refractivity (Wildman–Crippen MR) is 133 cm³/mol. The highest BCUT2D eigenvalue weighted by atomic mass is 19.1. The highest BCUT2D eigenvalue weighted by molar-refractivity contribution is 5.69. The molecule has 7 heteroatoms. The van der Waals surface area contributed by atoms with Crippen molar-refractivity contribution in [2.24, 2.45) is 0 Å². The van der Waals surface area contributed by atoms with Gasteiger partial charge in [-0.05, 0) is 84.5 Å². The molecule has 3 rings (SSSR count). The highest BCUT2D eigenvalue weighted by Crippen LogP contribution is 2.30. The largest absolute Gasteiger partial charge is 0.508 e. The average molecular weight is 485 g/mol. The van der Waals surface area contributed by atoms with E-state index in [9.17, 15) is 9.50 Å². The molecular weight excluding hydrogens is 451 g/mol. The van der Waals surface area contributed by atoms with E-state index in [0.29, 0.717) is 31.1 Å². The highest BCUT2D eigenvalue weighted by Gasteiger charge is 2.09. The van der Waals surface area contributed by atoms with Gasteiger partial charge in [0.05, 0.1) is 6.67 Å². The molecular formula is C28H33FO6. The molecule has 0 amide bonds. The lowest BCUT2D eigenvalue weighted by atomic mass is 9.95. The number of ether oxygens (including phenoxy) is 3. The Labute approximate surface area is 205 Å². The molecule has 0 spiro atoms. The van der Waals surface area contributed by atoms with Crippen LogP contribution in [0.2, 0.25) is 0 Å². The zero-order valence-corrected chi connectivity index (χ0v) is 19.8. The van der Waals surface area contributed by atoms with Crippen molar-refractivity contribution in [2.75, 3.05) is 33.1 Å². The molecule has 6 nitrogen and oxygen atoms in total. The van der Waals surface area contributed by atoms with Crippen LogP contribution >= 0.6 is 0 Å². The molecule has 3 aromatic rings. The van der Waals surface area contributed by atoms with Crippen LogP contribution in [0.5, 0.6) is 23.0 Å². The molecule has 35 heavy (non-hydrogen) atoms. The zero-order chi connectivity index (χ0) is 24.7. The van der Waals surface area contributed by atoms with Crippen LogP contribution in [0.25, 0.3) is 11.1 Å². The second-order valence-corrected chi connectivity index (χ2v) is 8.07. The summed E-state index contributed by atoms with van der Waals surface area (Å²) in [4.78, 5) is 4.03. The Bertz CT molecular complexity index is 991. The normalized spacial score (nSPS) is 10.8. The monoisotopic (exact) mass is 484 g/mol. The molecule has 0 aromatic heterocycles. The van der Waals surface area contributed by atoms with Gasteiger partial charge in [-0.2, -0.15) is 0 Å². The Morgan fingerprint density at radius 1 is 0.629 bits per heavy atom. The van der Waals surface area contributed by atoms with Gasteiger partial charge in [-0.3, -0.25) is 9.65 Å². The van der Waals surface area contributed by atoms with E-state index in [-0.39, 0.29) is 25.6 Å². The summed E-state index contributed by atoms with van der Waals surface area (Å²) in [5, 5.41) is 17.8. The van der Waals surface area contributed by atoms with E-state index in [1.54, 1.807) is 24.3 Å². The Morgan fingerprint density at radius 2 is 1.20 bits per heavy atom. The molecule has 0 aliphatic rings. The fraction of sp³-hybridized carbons (Fsp3) is 0.357. The first kappa shape index (κ1) is 26.3. The van der Waals surface area contributed by atoms with Crippen LogP contribution in [-0.2, 0) is 11.3 Å². The maximum absolute atomic E-state index is 12.4. The Kier molecular flexibility index (Phi) is 11.2. The molecule has 0 saturated heterocycles. The molecule has 188 valence electrons. The third-order valence-corrected chi connectivity index (χ3v) is 5.47. The van der Waals surface area contributed by atoms with Crippen molar-refractivity contribution in [1.29, 1.82) is 0 Å². The third kappa shape index (κ3) is 9.11. The van der Waals surface area contributed by atoms with Crippen LogP contribution in [0.3, 0.4) is 0 Å². The Balaban J connectivity index is 1.63. The molecule has 2 N–H and O–H groups in total. The maximum Gasteiger partial charge on any atom is 0.122 e.